The number of rotatable bonds is 7. The second kappa shape index (κ2) is 6.09. The molecule has 19 heavy (non-hydrogen) atoms. The number of ether oxygens (including phenoxy) is 1. The lowest BCUT2D eigenvalue weighted by Crippen LogP contribution is -2.28. The molecule has 1 aliphatic carbocycles. The third kappa shape index (κ3) is 4.08. The van der Waals surface area contributed by atoms with Crippen molar-refractivity contribution >= 4 is 11.8 Å². The van der Waals surface area contributed by atoms with Crippen molar-refractivity contribution < 1.29 is 13.5 Å². The molecule has 0 heterocycles. The number of halogens is 2. The summed E-state index contributed by atoms with van der Waals surface area (Å²) in [4.78, 5) is 0. The van der Waals surface area contributed by atoms with Gasteiger partial charge in [-0.25, -0.2) is 0 Å². The summed E-state index contributed by atoms with van der Waals surface area (Å²) in [7, 11) is 0. The van der Waals surface area contributed by atoms with E-state index in [0.717, 1.165) is 12.1 Å². The summed E-state index contributed by atoms with van der Waals surface area (Å²) in [6.45, 7) is 0.307. The number of alkyl halides is 2. The fourth-order valence-electron chi connectivity index (χ4n) is 1.99. The predicted molar refractivity (Wildman–Crippen MR) is 75.0 cm³/mol. The van der Waals surface area contributed by atoms with Crippen molar-refractivity contribution in [2.24, 2.45) is 0 Å². The van der Waals surface area contributed by atoms with Gasteiger partial charge in [0.05, 0.1) is 0 Å². The quantitative estimate of drug-likeness (QED) is 0.823. The molecule has 1 saturated carbocycles. The molecule has 1 unspecified atom stereocenters. The van der Waals surface area contributed by atoms with Crippen LogP contribution >= 0.6 is 11.8 Å². The van der Waals surface area contributed by atoms with Crippen LogP contribution in [0.15, 0.2) is 24.3 Å². The van der Waals surface area contributed by atoms with Crippen molar-refractivity contribution in [2.45, 2.75) is 37.2 Å². The lowest BCUT2D eigenvalue weighted by atomic mass is 10.1. The molecule has 0 aliphatic heterocycles. The maximum atomic E-state index is 12.0. The summed E-state index contributed by atoms with van der Waals surface area (Å²) in [5.41, 5.74) is 1.08. The summed E-state index contributed by atoms with van der Waals surface area (Å²) in [5.74, 6) is 0.203. The van der Waals surface area contributed by atoms with Crippen LogP contribution < -0.4 is 10.1 Å². The van der Waals surface area contributed by atoms with Crippen molar-refractivity contribution in [1.82, 2.24) is 5.32 Å². The monoisotopic (exact) mass is 287 g/mol. The van der Waals surface area contributed by atoms with E-state index < -0.39 is 6.61 Å². The third-order valence-electron chi connectivity index (χ3n) is 3.58. The second-order valence-corrected chi connectivity index (χ2v) is 6.21. The standard InChI is InChI=1S/C14H19F2NOS/c1-10(17-9-14(19-2)7-8-14)11-3-5-12(6-4-11)18-13(15)16/h3-6,10,13,17H,7-9H2,1-2H3. The number of hydrogen-bond acceptors (Lipinski definition) is 3. The van der Waals surface area contributed by atoms with Gasteiger partial charge in [0.15, 0.2) is 0 Å². The molecule has 1 aliphatic rings. The van der Waals surface area contributed by atoms with Crippen LogP contribution in [-0.2, 0) is 0 Å². The highest BCUT2D eigenvalue weighted by atomic mass is 32.2. The number of benzene rings is 1. The van der Waals surface area contributed by atoms with Gasteiger partial charge in [-0.2, -0.15) is 20.5 Å². The zero-order valence-electron chi connectivity index (χ0n) is 11.2. The van der Waals surface area contributed by atoms with Gasteiger partial charge in [0.1, 0.15) is 5.75 Å². The molecule has 2 nitrogen and oxygen atoms in total. The first kappa shape index (κ1) is 14.6. The van der Waals surface area contributed by atoms with E-state index in [4.69, 9.17) is 0 Å². The van der Waals surface area contributed by atoms with E-state index in [2.05, 4.69) is 23.2 Å². The highest BCUT2D eigenvalue weighted by Crippen LogP contribution is 2.46. The first-order valence-corrected chi connectivity index (χ1v) is 7.60. The van der Waals surface area contributed by atoms with Gasteiger partial charge in [0.25, 0.3) is 0 Å². The number of nitrogens with one attached hydrogen (secondary N) is 1. The first-order valence-electron chi connectivity index (χ1n) is 6.38. The number of thioether (sulfide) groups is 1. The molecule has 106 valence electrons. The second-order valence-electron chi connectivity index (χ2n) is 4.94. The van der Waals surface area contributed by atoms with Crippen molar-refractivity contribution in [1.29, 1.82) is 0 Å². The minimum absolute atomic E-state index is 0.203. The SMILES string of the molecule is CSC1(CNC(C)c2ccc(OC(F)F)cc2)CC1. The molecular formula is C14H19F2NOS. The average molecular weight is 287 g/mol. The van der Waals surface area contributed by atoms with Crippen molar-refractivity contribution in [3.63, 3.8) is 0 Å². The van der Waals surface area contributed by atoms with Gasteiger partial charge in [-0.15, -0.1) is 0 Å². The fourth-order valence-corrected chi connectivity index (χ4v) is 2.73. The Bertz CT molecular complexity index is 406. The highest BCUT2D eigenvalue weighted by Gasteiger charge is 2.41. The molecule has 0 aromatic heterocycles. The molecule has 1 aromatic rings. The molecule has 0 radical (unpaired) electrons. The summed E-state index contributed by atoms with van der Waals surface area (Å²) < 4.78 is 28.8. The van der Waals surface area contributed by atoms with E-state index >= 15 is 0 Å². The van der Waals surface area contributed by atoms with Gasteiger partial charge in [0, 0.05) is 17.3 Å². The molecule has 1 N–H and O–H groups in total. The Labute approximate surface area is 116 Å². The maximum absolute atomic E-state index is 12.0. The van der Waals surface area contributed by atoms with E-state index in [-0.39, 0.29) is 11.8 Å². The van der Waals surface area contributed by atoms with Crippen LogP contribution in [0.4, 0.5) is 8.78 Å². The molecule has 0 spiro atoms. The number of hydrogen-bond donors (Lipinski definition) is 1. The molecule has 0 amide bonds. The first-order chi connectivity index (χ1) is 9.04. The molecule has 2 rings (SSSR count). The van der Waals surface area contributed by atoms with Gasteiger partial charge in [-0.05, 0) is 43.7 Å². The van der Waals surface area contributed by atoms with E-state index in [1.54, 1.807) is 12.1 Å². The Balaban J connectivity index is 1.86. The van der Waals surface area contributed by atoms with Crippen LogP contribution in [0.25, 0.3) is 0 Å². The average Bonchev–Trinajstić information content (AvgIpc) is 3.17. The van der Waals surface area contributed by atoms with Crippen LogP contribution in [0, 0.1) is 0 Å². The zero-order chi connectivity index (χ0) is 13.9. The largest absolute Gasteiger partial charge is 0.435 e. The molecule has 1 aromatic carbocycles. The molecule has 5 heteroatoms. The Morgan fingerprint density at radius 3 is 2.42 bits per heavy atom. The van der Waals surface area contributed by atoms with Crippen LogP contribution in [-0.4, -0.2) is 24.2 Å². The van der Waals surface area contributed by atoms with Gasteiger partial charge in [-0.1, -0.05) is 12.1 Å². The minimum atomic E-state index is -2.77. The maximum Gasteiger partial charge on any atom is 0.387 e. The van der Waals surface area contributed by atoms with E-state index in [1.807, 2.05) is 23.9 Å². The predicted octanol–water partition coefficient (Wildman–Crippen LogP) is 3.83. The van der Waals surface area contributed by atoms with Crippen molar-refractivity contribution in [3.8, 4) is 5.75 Å². The van der Waals surface area contributed by atoms with Crippen molar-refractivity contribution in [3.05, 3.63) is 29.8 Å². The summed E-state index contributed by atoms with van der Waals surface area (Å²) in [5, 5.41) is 3.50. The van der Waals surface area contributed by atoms with Crippen LogP contribution in [0.5, 0.6) is 5.75 Å². The normalized spacial score (nSPS) is 18.4. The van der Waals surface area contributed by atoms with Gasteiger partial charge < -0.3 is 10.1 Å². The van der Waals surface area contributed by atoms with E-state index in [9.17, 15) is 8.78 Å². The van der Waals surface area contributed by atoms with Crippen molar-refractivity contribution in [2.75, 3.05) is 12.8 Å². The Morgan fingerprint density at radius 1 is 1.32 bits per heavy atom. The molecule has 1 fully saturated rings. The topological polar surface area (TPSA) is 21.3 Å². The molecule has 0 bridgehead atoms. The Hall–Kier alpha value is -0.810. The van der Waals surface area contributed by atoms with E-state index in [0.29, 0.717) is 4.75 Å². The summed E-state index contributed by atoms with van der Waals surface area (Å²) >= 11 is 1.92. The van der Waals surface area contributed by atoms with Crippen LogP contribution in [0.3, 0.4) is 0 Å². The Morgan fingerprint density at radius 2 is 1.95 bits per heavy atom. The lowest BCUT2D eigenvalue weighted by Gasteiger charge is -2.19. The third-order valence-corrected chi connectivity index (χ3v) is 4.99. The molecule has 0 saturated heterocycles. The summed E-state index contributed by atoms with van der Waals surface area (Å²) in [6.07, 6.45) is 4.69. The molecular weight excluding hydrogens is 268 g/mol. The minimum Gasteiger partial charge on any atom is -0.435 e. The van der Waals surface area contributed by atoms with Gasteiger partial charge in [-0.3, -0.25) is 0 Å². The van der Waals surface area contributed by atoms with Crippen LogP contribution in [0.1, 0.15) is 31.4 Å². The smallest absolute Gasteiger partial charge is 0.387 e. The van der Waals surface area contributed by atoms with Crippen LogP contribution in [0.2, 0.25) is 0 Å². The van der Waals surface area contributed by atoms with E-state index in [1.165, 1.54) is 12.8 Å². The zero-order valence-corrected chi connectivity index (χ0v) is 12.0. The summed E-state index contributed by atoms with van der Waals surface area (Å²) in [6, 6.07) is 7.04. The lowest BCUT2D eigenvalue weighted by molar-refractivity contribution is -0.0498. The molecule has 1 atom stereocenters. The highest BCUT2D eigenvalue weighted by molar-refractivity contribution is 8.00. The van der Waals surface area contributed by atoms with Gasteiger partial charge >= 0.3 is 6.61 Å². The van der Waals surface area contributed by atoms with Gasteiger partial charge in [0.2, 0.25) is 0 Å². The Kier molecular flexibility index (Phi) is 4.68. The fraction of sp³-hybridized carbons (Fsp3) is 0.571.